The largest absolute Gasteiger partial charge is 0.385 e. The molecule has 0 bridgehead atoms. The SMILES string of the molecule is COCCCC(=O)c1cnn(Cc2ccc(-c3noc(C(C)(F)F)n3)s2)c1. The smallest absolute Gasteiger partial charge is 0.322 e. The molecule has 0 aromatic carbocycles. The number of nitrogens with zero attached hydrogens (tertiary/aromatic N) is 4. The third kappa shape index (κ3) is 4.83. The molecule has 0 aliphatic carbocycles. The molecular weight excluding hydrogens is 378 g/mol. The number of carbonyl (C=O) groups excluding carboxylic acids is 1. The van der Waals surface area contributed by atoms with Crippen LogP contribution in [0.15, 0.2) is 29.0 Å². The molecule has 0 unspecified atom stereocenters. The van der Waals surface area contributed by atoms with Crippen LogP contribution in [0.1, 0.15) is 40.9 Å². The number of aromatic nitrogens is 4. The van der Waals surface area contributed by atoms with Gasteiger partial charge in [0, 0.05) is 38.1 Å². The second kappa shape index (κ2) is 8.05. The van der Waals surface area contributed by atoms with Gasteiger partial charge in [-0.15, -0.1) is 11.3 Å². The molecule has 3 rings (SSSR count). The molecule has 3 heterocycles. The maximum Gasteiger partial charge on any atom is 0.322 e. The molecule has 0 fully saturated rings. The summed E-state index contributed by atoms with van der Waals surface area (Å²) in [4.78, 5) is 17.3. The molecule has 3 aromatic rings. The first kappa shape index (κ1) is 19.3. The van der Waals surface area contributed by atoms with Gasteiger partial charge in [-0.2, -0.15) is 18.9 Å². The van der Waals surface area contributed by atoms with Crippen molar-refractivity contribution in [2.75, 3.05) is 13.7 Å². The van der Waals surface area contributed by atoms with Gasteiger partial charge in [0.1, 0.15) is 0 Å². The molecule has 27 heavy (non-hydrogen) atoms. The molecule has 0 amide bonds. The Morgan fingerprint density at radius 1 is 1.41 bits per heavy atom. The highest BCUT2D eigenvalue weighted by molar-refractivity contribution is 7.15. The van der Waals surface area contributed by atoms with Crippen LogP contribution in [0.5, 0.6) is 0 Å². The highest BCUT2D eigenvalue weighted by Gasteiger charge is 2.32. The molecule has 0 spiro atoms. The Morgan fingerprint density at radius 2 is 2.22 bits per heavy atom. The van der Waals surface area contributed by atoms with Crippen LogP contribution in [0.4, 0.5) is 8.78 Å². The van der Waals surface area contributed by atoms with Crippen molar-refractivity contribution >= 4 is 17.1 Å². The van der Waals surface area contributed by atoms with Crippen LogP contribution in [0.3, 0.4) is 0 Å². The number of thiophene rings is 1. The van der Waals surface area contributed by atoms with E-state index in [2.05, 4.69) is 19.8 Å². The van der Waals surface area contributed by atoms with E-state index in [1.807, 2.05) is 6.07 Å². The number of Topliss-reactive ketones (excluding diaryl/α,β-unsaturated/α-hetero) is 1. The summed E-state index contributed by atoms with van der Waals surface area (Å²) in [5.74, 6) is -3.74. The van der Waals surface area contributed by atoms with Gasteiger partial charge in [0.2, 0.25) is 5.82 Å². The molecule has 0 radical (unpaired) electrons. The standard InChI is InChI=1S/C17H18F2N4O3S/c1-17(18,19)16-21-15(22-26-16)14-6-5-12(27-14)10-23-9-11(8-20-23)13(24)4-3-7-25-2/h5-6,8-9H,3-4,7,10H2,1-2H3. The normalized spacial score (nSPS) is 11.9. The van der Waals surface area contributed by atoms with Crippen LogP contribution in [-0.2, 0) is 17.2 Å². The van der Waals surface area contributed by atoms with E-state index in [1.165, 1.54) is 11.3 Å². The number of halogens is 2. The topological polar surface area (TPSA) is 83.0 Å². The zero-order valence-electron chi connectivity index (χ0n) is 14.8. The predicted octanol–water partition coefficient (Wildman–Crippen LogP) is 3.76. The second-order valence-electron chi connectivity index (χ2n) is 6.02. The number of rotatable bonds is 9. The summed E-state index contributed by atoms with van der Waals surface area (Å²) >= 11 is 1.35. The van der Waals surface area contributed by atoms with Gasteiger partial charge in [-0.3, -0.25) is 9.48 Å². The Kier molecular flexibility index (Phi) is 5.76. The maximum absolute atomic E-state index is 13.2. The van der Waals surface area contributed by atoms with Crippen molar-refractivity contribution in [1.29, 1.82) is 0 Å². The van der Waals surface area contributed by atoms with Crippen LogP contribution in [0.2, 0.25) is 0 Å². The zero-order chi connectivity index (χ0) is 19.4. The van der Waals surface area contributed by atoms with Crippen LogP contribution < -0.4 is 0 Å². The summed E-state index contributed by atoms with van der Waals surface area (Å²) in [5, 5.41) is 7.80. The monoisotopic (exact) mass is 396 g/mol. The fourth-order valence-corrected chi connectivity index (χ4v) is 3.29. The molecular formula is C17H18F2N4O3S. The van der Waals surface area contributed by atoms with Gasteiger partial charge in [-0.05, 0) is 18.6 Å². The highest BCUT2D eigenvalue weighted by atomic mass is 32.1. The van der Waals surface area contributed by atoms with E-state index in [1.54, 1.807) is 30.3 Å². The Morgan fingerprint density at radius 3 is 2.93 bits per heavy atom. The molecule has 0 aliphatic heterocycles. The summed E-state index contributed by atoms with van der Waals surface area (Å²) in [6, 6.07) is 3.57. The fraction of sp³-hybridized carbons (Fsp3) is 0.412. The van der Waals surface area contributed by atoms with Crippen LogP contribution >= 0.6 is 11.3 Å². The quantitative estimate of drug-likeness (QED) is 0.404. The molecule has 0 atom stereocenters. The Balaban J connectivity index is 1.64. The average molecular weight is 396 g/mol. The van der Waals surface area contributed by atoms with Gasteiger partial charge in [-0.1, -0.05) is 5.16 Å². The summed E-state index contributed by atoms with van der Waals surface area (Å²) in [6.45, 7) is 1.69. The number of methoxy groups -OCH3 is 1. The van der Waals surface area contributed by atoms with Crippen LogP contribution in [0.25, 0.3) is 10.7 Å². The maximum atomic E-state index is 13.2. The van der Waals surface area contributed by atoms with Crippen LogP contribution in [-0.4, -0.2) is 39.4 Å². The number of ether oxygens (including phenoxy) is 1. The fourth-order valence-electron chi connectivity index (χ4n) is 2.36. The first-order valence-electron chi connectivity index (χ1n) is 8.22. The van der Waals surface area contributed by atoms with Crippen molar-refractivity contribution in [2.24, 2.45) is 0 Å². The molecule has 144 valence electrons. The lowest BCUT2D eigenvalue weighted by Crippen LogP contribution is -2.06. The predicted molar refractivity (Wildman–Crippen MR) is 93.9 cm³/mol. The van der Waals surface area contributed by atoms with Crippen molar-refractivity contribution < 1.29 is 22.8 Å². The van der Waals surface area contributed by atoms with Crippen molar-refractivity contribution in [3.8, 4) is 10.7 Å². The summed E-state index contributed by atoms with van der Waals surface area (Å²) in [5.41, 5.74) is 0.552. The highest BCUT2D eigenvalue weighted by Crippen LogP contribution is 2.30. The van der Waals surface area contributed by atoms with Crippen molar-refractivity contribution in [3.63, 3.8) is 0 Å². The van der Waals surface area contributed by atoms with E-state index in [4.69, 9.17) is 4.74 Å². The van der Waals surface area contributed by atoms with Gasteiger partial charge in [0.15, 0.2) is 5.78 Å². The molecule has 0 aliphatic rings. The minimum Gasteiger partial charge on any atom is -0.385 e. The second-order valence-corrected chi connectivity index (χ2v) is 7.19. The van der Waals surface area contributed by atoms with Gasteiger partial charge in [-0.25, -0.2) is 0 Å². The van der Waals surface area contributed by atoms with E-state index >= 15 is 0 Å². The van der Waals surface area contributed by atoms with Crippen molar-refractivity contribution in [1.82, 2.24) is 19.9 Å². The Hall–Kier alpha value is -2.46. The number of ketones is 1. The first-order chi connectivity index (χ1) is 12.9. The number of carbonyl (C=O) groups is 1. The van der Waals surface area contributed by atoms with Gasteiger partial charge < -0.3 is 9.26 Å². The minimum absolute atomic E-state index is 0.0185. The Labute approximate surface area is 158 Å². The zero-order valence-corrected chi connectivity index (χ0v) is 15.6. The third-order valence-electron chi connectivity index (χ3n) is 3.71. The lowest BCUT2D eigenvalue weighted by atomic mass is 10.1. The van der Waals surface area contributed by atoms with Gasteiger partial charge in [0.25, 0.3) is 5.89 Å². The molecule has 7 nitrogen and oxygen atoms in total. The summed E-state index contributed by atoms with van der Waals surface area (Å²) in [6.07, 6.45) is 4.31. The molecule has 0 saturated heterocycles. The lowest BCUT2D eigenvalue weighted by Gasteiger charge is -2.00. The van der Waals surface area contributed by atoms with E-state index in [9.17, 15) is 13.6 Å². The molecule has 0 saturated carbocycles. The average Bonchev–Trinajstić information content (AvgIpc) is 3.35. The molecule has 10 heteroatoms. The summed E-state index contributed by atoms with van der Waals surface area (Å²) < 4.78 is 37.6. The number of hydrogen-bond acceptors (Lipinski definition) is 7. The lowest BCUT2D eigenvalue weighted by molar-refractivity contribution is -0.0158. The molecule has 3 aromatic heterocycles. The number of alkyl halides is 2. The van der Waals surface area contributed by atoms with Gasteiger partial charge in [0.05, 0.1) is 23.2 Å². The van der Waals surface area contributed by atoms with E-state index in [0.717, 1.165) is 4.88 Å². The Bertz CT molecular complexity index is 913. The first-order valence-corrected chi connectivity index (χ1v) is 9.04. The van der Waals surface area contributed by atoms with Gasteiger partial charge >= 0.3 is 5.92 Å². The van der Waals surface area contributed by atoms with Crippen LogP contribution in [0, 0.1) is 0 Å². The summed E-state index contributed by atoms with van der Waals surface area (Å²) in [7, 11) is 1.60. The van der Waals surface area contributed by atoms with E-state index < -0.39 is 11.8 Å². The minimum atomic E-state index is -3.17. The van der Waals surface area contributed by atoms with Crippen molar-refractivity contribution in [2.45, 2.75) is 32.2 Å². The van der Waals surface area contributed by atoms with E-state index in [0.29, 0.717) is 43.4 Å². The van der Waals surface area contributed by atoms with E-state index in [-0.39, 0.29) is 11.6 Å². The molecule has 0 N–H and O–H groups in total. The third-order valence-corrected chi connectivity index (χ3v) is 4.77. The number of hydrogen-bond donors (Lipinski definition) is 0. The van der Waals surface area contributed by atoms with Crippen molar-refractivity contribution in [3.05, 3.63) is 40.9 Å².